The molecule has 4 N–H and O–H groups in total. The molecule has 0 atom stereocenters. The van der Waals surface area contributed by atoms with Gasteiger partial charge >= 0.3 is 6.03 Å². The van der Waals surface area contributed by atoms with Gasteiger partial charge in [-0.1, -0.05) is 0 Å². The Morgan fingerprint density at radius 1 is 0.933 bits per heavy atom. The van der Waals surface area contributed by atoms with Crippen LogP contribution in [0.3, 0.4) is 0 Å². The van der Waals surface area contributed by atoms with Crippen molar-refractivity contribution >= 4 is 29.2 Å². The molecule has 8 nitrogen and oxygen atoms in total. The number of hydrogen-bond donors (Lipinski definition) is 4. The van der Waals surface area contributed by atoms with Gasteiger partial charge in [0.2, 0.25) is 0 Å². The van der Waals surface area contributed by atoms with E-state index in [1.54, 1.807) is 12.3 Å². The zero-order valence-electron chi connectivity index (χ0n) is 15.8. The van der Waals surface area contributed by atoms with Crippen molar-refractivity contribution in [2.45, 2.75) is 6.92 Å². The molecule has 0 radical (unpaired) electrons. The Morgan fingerprint density at radius 3 is 2.50 bits per heavy atom. The average molecular weight is 417 g/mol. The van der Waals surface area contributed by atoms with Gasteiger partial charge in [-0.15, -0.1) is 0 Å². The van der Waals surface area contributed by atoms with Gasteiger partial charge in [-0.05, 0) is 36.8 Å². The van der Waals surface area contributed by atoms with Gasteiger partial charge in [0.25, 0.3) is 0 Å². The highest BCUT2D eigenvalue weighted by Gasteiger charge is 2.14. The van der Waals surface area contributed by atoms with E-state index in [9.17, 15) is 18.0 Å². The molecule has 0 saturated heterocycles. The lowest BCUT2D eigenvalue weighted by Gasteiger charge is -2.11. The second kappa shape index (κ2) is 9.54. The first-order chi connectivity index (χ1) is 14.4. The predicted octanol–water partition coefficient (Wildman–Crippen LogP) is 3.57. The minimum atomic E-state index is -1.65. The van der Waals surface area contributed by atoms with Crippen molar-refractivity contribution in [3.63, 3.8) is 0 Å². The fourth-order valence-electron chi connectivity index (χ4n) is 2.41. The monoisotopic (exact) mass is 417 g/mol. The fourth-order valence-corrected chi connectivity index (χ4v) is 2.41. The molecule has 0 unspecified atom stereocenters. The molecule has 11 heteroatoms. The lowest BCUT2D eigenvalue weighted by Crippen LogP contribution is -2.33. The lowest BCUT2D eigenvalue weighted by molar-refractivity contribution is 0.252. The highest BCUT2D eigenvalue weighted by Crippen LogP contribution is 2.19. The van der Waals surface area contributed by atoms with Crippen molar-refractivity contribution < 1.29 is 18.0 Å². The summed E-state index contributed by atoms with van der Waals surface area (Å²) in [7, 11) is 0. The minimum Gasteiger partial charge on any atom is -0.368 e. The highest BCUT2D eigenvalue weighted by molar-refractivity contribution is 5.89. The first kappa shape index (κ1) is 20.8. The Balaban J connectivity index is 1.46. The quantitative estimate of drug-likeness (QED) is 0.346. The molecular formula is C19H18F3N7O. The number of anilines is 4. The molecule has 0 aliphatic carbocycles. The molecule has 1 aromatic carbocycles. The predicted molar refractivity (Wildman–Crippen MR) is 106 cm³/mol. The van der Waals surface area contributed by atoms with E-state index in [0.29, 0.717) is 24.0 Å². The van der Waals surface area contributed by atoms with Crippen molar-refractivity contribution in [2.75, 3.05) is 29.0 Å². The Hall–Kier alpha value is -3.89. The number of carbonyl (C=O) groups is 1. The van der Waals surface area contributed by atoms with Crippen LogP contribution in [0.2, 0.25) is 0 Å². The van der Waals surface area contributed by atoms with E-state index in [-0.39, 0.29) is 6.54 Å². The van der Waals surface area contributed by atoms with E-state index in [0.717, 1.165) is 17.7 Å². The zero-order chi connectivity index (χ0) is 21.5. The van der Waals surface area contributed by atoms with E-state index in [1.165, 1.54) is 6.33 Å². The van der Waals surface area contributed by atoms with Gasteiger partial charge in [-0.2, -0.15) is 0 Å². The van der Waals surface area contributed by atoms with Crippen LogP contribution >= 0.6 is 0 Å². The lowest BCUT2D eigenvalue weighted by atomic mass is 10.3. The second-order valence-corrected chi connectivity index (χ2v) is 6.16. The third kappa shape index (κ3) is 5.56. The zero-order valence-corrected chi connectivity index (χ0v) is 15.8. The molecule has 0 spiro atoms. The molecule has 2 heterocycles. The minimum absolute atomic E-state index is 0.156. The van der Waals surface area contributed by atoms with E-state index < -0.39 is 29.2 Å². The van der Waals surface area contributed by atoms with Gasteiger partial charge in [-0.3, -0.25) is 0 Å². The van der Waals surface area contributed by atoms with E-state index >= 15 is 0 Å². The number of halogens is 3. The maximum absolute atomic E-state index is 13.6. The van der Waals surface area contributed by atoms with Gasteiger partial charge < -0.3 is 21.3 Å². The molecular weight excluding hydrogens is 399 g/mol. The van der Waals surface area contributed by atoms with Crippen LogP contribution in [0.25, 0.3) is 0 Å². The number of aryl methyl sites for hydroxylation is 1. The smallest absolute Gasteiger partial charge is 0.319 e. The first-order valence-corrected chi connectivity index (χ1v) is 8.86. The number of benzene rings is 1. The van der Waals surface area contributed by atoms with Gasteiger partial charge in [0.1, 0.15) is 23.8 Å². The van der Waals surface area contributed by atoms with Crippen LogP contribution in [-0.2, 0) is 0 Å². The summed E-state index contributed by atoms with van der Waals surface area (Å²) < 4.78 is 39.6. The first-order valence-electron chi connectivity index (χ1n) is 8.86. The molecule has 3 aromatic rings. The summed E-state index contributed by atoms with van der Waals surface area (Å²) in [5.74, 6) is -2.77. The molecule has 2 amide bonds. The Labute approximate surface area is 170 Å². The third-order valence-electron chi connectivity index (χ3n) is 3.84. The summed E-state index contributed by atoms with van der Waals surface area (Å²) in [4.78, 5) is 24.2. The number of amides is 2. The SMILES string of the molecule is Cc1ccnc(Nc2cc(NCCNC(=O)Nc3ccc(F)c(F)c3F)ncn2)c1. The van der Waals surface area contributed by atoms with Crippen molar-refractivity contribution in [3.05, 3.63) is 65.9 Å². The molecule has 156 valence electrons. The maximum Gasteiger partial charge on any atom is 0.319 e. The number of rotatable bonds is 7. The number of urea groups is 1. The summed E-state index contributed by atoms with van der Waals surface area (Å²) in [5, 5.41) is 10.6. The van der Waals surface area contributed by atoms with Gasteiger partial charge in [0, 0.05) is 25.4 Å². The number of nitrogens with zero attached hydrogens (tertiary/aromatic N) is 3. The average Bonchev–Trinajstić information content (AvgIpc) is 2.72. The number of nitrogens with one attached hydrogen (secondary N) is 4. The Morgan fingerprint density at radius 2 is 1.70 bits per heavy atom. The van der Waals surface area contributed by atoms with Crippen molar-refractivity contribution in [1.82, 2.24) is 20.3 Å². The van der Waals surface area contributed by atoms with E-state index in [2.05, 4.69) is 36.2 Å². The standard InChI is InChI=1S/C19H18F3N7O/c1-11-4-5-23-15(8-11)29-16-9-14(26-10-27-16)24-6-7-25-19(30)28-13-3-2-12(20)17(21)18(13)22/h2-5,8-10H,6-7H2,1H3,(H2,25,28,30)(H2,23,24,26,27,29). The molecule has 0 aliphatic heterocycles. The van der Waals surface area contributed by atoms with Crippen LogP contribution in [0.1, 0.15) is 5.56 Å². The van der Waals surface area contributed by atoms with Gasteiger partial charge in [0.15, 0.2) is 17.5 Å². The molecule has 0 fully saturated rings. The van der Waals surface area contributed by atoms with Crippen LogP contribution < -0.4 is 21.3 Å². The van der Waals surface area contributed by atoms with Crippen LogP contribution in [-0.4, -0.2) is 34.1 Å². The van der Waals surface area contributed by atoms with Crippen molar-refractivity contribution in [3.8, 4) is 0 Å². The fraction of sp³-hybridized carbons (Fsp3) is 0.158. The van der Waals surface area contributed by atoms with E-state index in [1.807, 2.05) is 19.1 Å². The normalized spacial score (nSPS) is 10.4. The van der Waals surface area contributed by atoms with Crippen LogP contribution in [0.5, 0.6) is 0 Å². The summed E-state index contributed by atoms with van der Waals surface area (Å²) in [6, 6.07) is 6.31. The molecule has 0 bridgehead atoms. The Bertz CT molecular complexity index is 1050. The molecule has 0 saturated carbocycles. The third-order valence-corrected chi connectivity index (χ3v) is 3.84. The maximum atomic E-state index is 13.6. The molecule has 3 rings (SSSR count). The molecule has 2 aromatic heterocycles. The van der Waals surface area contributed by atoms with Gasteiger partial charge in [-0.25, -0.2) is 32.9 Å². The largest absolute Gasteiger partial charge is 0.368 e. The molecule has 30 heavy (non-hydrogen) atoms. The molecule has 0 aliphatic rings. The topological polar surface area (TPSA) is 104 Å². The van der Waals surface area contributed by atoms with Crippen LogP contribution in [0.4, 0.5) is 41.1 Å². The number of hydrogen-bond acceptors (Lipinski definition) is 6. The number of aromatic nitrogens is 3. The van der Waals surface area contributed by atoms with Crippen LogP contribution in [0.15, 0.2) is 42.9 Å². The summed E-state index contributed by atoms with van der Waals surface area (Å²) >= 11 is 0. The summed E-state index contributed by atoms with van der Waals surface area (Å²) in [6.45, 7) is 2.40. The van der Waals surface area contributed by atoms with Crippen molar-refractivity contribution in [2.24, 2.45) is 0 Å². The summed E-state index contributed by atoms with van der Waals surface area (Å²) in [5.41, 5.74) is 0.586. The number of carbonyl (C=O) groups excluding carboxylic acids is 1. The number of pyridine rings is 1. The highest BCUT2D eigenvalue weighted by atomic mass is 19.2. The second-order valence-electron chi connectivity index (χ2n) is 6.16. The summed E-state index contributed by atoms with van der Waals surface area (Å²) in [6.07, 6.45) is 3.05. The van der Waals surface area contributed by atoms with E-state index in [4.69, 9.17) is 0 Å². The van der Waals surface area contributed by atoms with Crippen molar-refractivity contribution in [1.29, 1.82) is 0 Å². The van der Waals surface area contributed by atoms with Crippen LogP contribution in [0, 0.1) is 24.4 Å². The van der Waals surface area contributed by atoms with Gasteiger partial charge in [0.05, 0.1) is 5.69 Å². The Kier molecular flexibility index (Phi) is 6.63.